The van der Waals surface area contributed by atoms with Gasteiger partial charge in [0.25, 0.3) is 0 Å². The molecule has 1 aromatic rings. The molecule has 0 saturated heterocycles. The molecule has 1 aromatic carbocycles. The van der Waals surface area contributed by atoms with Crippen molar-refractivity contribution in [1.29, 1.82) is 0 Å². The summed E-state index contributed by atoms with van der Waals surface area (Å²) in [6.45, 7) is 0.360. The van der Waals surface area contributed by atoms with Crippen LogP contribution in [0.1, 0.15) is 11.7 Å². The van der Waals surface area contributed by atoms with Crippen LogP contribution in [0.25, 0.3) is 0 Å². The molecule has 0 bridgehead atoms. The Hall–Kier alpha value is -0.820. The van der Waals surface area contributed by atoms with Crippen LogP contribution >= 0.6 is 12.1 Å². The molecule has 0 spiro atoms. The lowest BCUT2D eigenvalue weighted by atomic mass is 10.0. The van der Waals surface area contributed by atoms with Gasteiger partial charge in [-0.15, -0.1) is 0 Å². The van der Waals surface area contributed by atoms with Crippen molar-refractivity contribution < 1.29 is 18.8 Å². The third-order valence-corrected chi connectivity index (χ3v) is 2.92. The number of phenols is 1. The van der Waals surface area contributed by atoms with Crippen LogP contribution in [0.4, 0.5) is 3.89 Å². The predicted molar refractivity (Wildman–Crippen MR) is 64.8 cm³/mol. The van der Waals surface area contributed by atoms with E-state index in [0.717, 1.165) is 0 Å². The summed E-state index contributed by atoms with van der Waals surface area (Å²) in [5, 5.41) is 22.2. The Labute approximate surface area is 104 Å². The van der Waals surface area contributed by atoms with Gasteiger partial charge in [-0.2, -0.15) is 3.89 Å². The van der Waals surface area contributed by atoms with E-state index in [4.69, 9.17) is 4.74 Å². The second kappa shape index (κ2) is 6.80. The first-order valence-corrected chi connectivity index (χ1v) is 5.82. The summed E-state index contributed by atoms with van der Waals surface area (Å²) in [5.41, 5.74) is 0.602. The van der Waals surface area contributed by atoms with Gasteiger partial charge in [0.15, 0.2) is 0 Å². The van der Waals surface area contributed by atoms with Crippen molar-refractivity contribution in [3.05, 3.63) is 23.8 Å². The number of hydrogen-bond acceptors (Lipinski definition) is 5. The summed E-state index contributed by atoms with van der Waals surface area (Å²) in [6.07, 6.45) is -1.31. The molecule has 2 unspecified atom stereocenters. The van der Waals surface area contributed by atoms with E-state index in [1.54, 1.807) is 13.1 Å². The largest absolute Gasteiger partial charge is 0.507 e. The zero-order valence-corrected chi connectivity index (χ0v) is 10.5. The topological polar surface area (TPSA) is 61.7 Å². The molecule has 0 aliphatic carbocycles. The Balaban J connectivity index is 2.92. The number of phenolic OH excluding ortho intramolecular Hbond substituents is 1. The molecule has 3 N–H and O–H groups in total. The van der Waals surface area contributed by atoms with Crippen LogP contribution in [0, 0.1) is 0 Å². The maximum Gasteiger partial charge on any atom is 0.132 e. The minimum Gasteiger partial charge on any atom is -0.507 e. The number of benzene rings is 1. The van der Waals surface area contributed by atoms with Crippen molar-refractivity contribution in [3.63, 3.8) is 0 Å². The van der Waals surface area contributed by atoms with E-state index in [2.05, 4.69) is 5.32 Å². The summed E-state index contributed by atoms with van der Waals surface area (Å²) in [4.78, 5) is 0.145. The quantitative estimate of drug-likeness (QED) is 0.726. The molecule has 0 radical (unpaired) electrons. The lowest BCUT2D eigenvalue weighted by Crippen LogP contribution is -2.30. The Morgan fingerprint density at radius 3 is 2.71 bits per heavy atom. The van der Waals surface area contributed by atoms with Crippen LogP contribution in [0.2, 0.25) is 0 Å². The van der Waals surface area contributed by atoms with E-state index in [9.17, 15) is 14.1 Å². The summed E-state index contributed by atoms with van der Waals surface area (Å²) in [6, 6.07) is 4.47. The highest BCUT2D eigenvalue weighted by molar-refractivity contribution is 7.94. The van der Waals surface area contributed by atoms with Crippen LogP contribution in [-0.2, 0) is 4.74 Å². The third kappa shape index (κ3) is 3.57. The Morgan fingerprint density at radius 2 is 2.24 bits per heavy atom. The molecule has 4 nitrogen and oxygen atoms in total. The first kappa shape index (κ1) is 14.2. The number of halogens is 1. The summed E-state index contributed by atoms with van der Waals surface area (Å²) in [7, 11) is 3.19. The van der Waals surface area contributed by atoms with Crippen molar-refractivity contribution in [1.82, 2.24) is 5.32 Å². The standard InChI is InChI=1S/C11H16FNO3S/c1-13-6-9(15)11(16-2)7-3-4-10(17-12)8(14)5-7/h3-5,9,11,13-15H,6H2,1-2H3. The van der Waals surface area contributed by atoms with E-state index in [1.807, 2.05) is 0 Å². The number of rotatable bonds is 6. The fraction of sp³-hybridized carbons (Fsp3) is 0.455. The van der Waals surface area contributed by atoms with Crippen molar-refractivity contribution >= 4 is 12.1 Å². The van der Waals surface area contributed by atoms with Crippen LogP contribution in [0.15, 0.2) is 23.1 Å². The van der Waals surface area contributed by atoms with Crippen molar-refractivity contribution in [3.8, 4) is 5.75 Å². The second-order valence-electron chi connectivity index (χ2n) is 3.59. The number of methoxy groups -OCH3 is 1. The monoisotopic (exact) mass is 261 g/mol. The number of ether oxygens (including phenoxy) is 1. The van der Waals surface area contributed by atoms with E-state index in [0.29, 0.717) is 12.1 Å². The molecule has 0 aromatic heterocycles. The maximum absolute atomic E-state index is 12.3. The SMILES string of the molecule is CNCC(O)C(OC)c1ccc(SF)c(O)c1. The van der Waals surface area contributed by atoms with Crippen LogP contribution in [-0.4, -0.2) is 37.0 Å². The Bertz CT molecular complexity index is 365. The number of hydrogen-bond donors (Lipinski definition) is 3. The van der Waals surface area contributed by atoms with Crippen LogP contribution < -0.4 is 5.32 Å². The highest BCUT2D eigenvalue weighted by atomic mass is 32.2. The molecule has 0 aliphatic rings. The fourth-order valence-electron chi connectivity index (χ4n) is 1.61. The van der Waals surface area contributed by atoms with E-state index >= 15 is 0 Å². The fourth-order valence-corrected chi connectivity index (χ4v) is 1.87. The van der Waals surface area contributed by atoms with E-state index < -0.39 is 12.2 Å². The van der Waals surface area contributed by atoms with E-state index in [1.165, 1.54) is 19.2 Å². The normalized spacial score (nSPS) is 14.6. The number of aliphatic hydroxyl groups excluding tert-OH is 1. The van der Waals surface area contributed by atoms with Gasteiger partial charge in [-0.3, -0.25) is 0 Å². The molecule has 0 aliphatic heterocycles. The number of aliphatic hydroxyl groups is 1. The summed E-state index contributed by atoms with van der Waals surface area (Å²) >= 11 is -0.0236. The summed E-state index contributed by atoms with van der Waals surface area (Å²) in [5.74, 6) is -0.159. The molecule has 96 valence electrons. The molecule has 0 amide bonds. The molecule has 0 fully saturated rings. The van der Waals surface area contributed by atoms with E-state index in [-0.39, 0.29) is 22.8 Å². The van der Waals surface area contributed by atoms with Crippen LogP contribution in [0.5, 0.6) is 5.75 Å². The van der Waals surface area contributed by atoms with Gasteiger partial charge in [0.2, 0.25) is 0 Å². The molecule has 17 heavy (non-hydrogen) atoms. The smallest absolute Gasteiger partial charge is 0.132 e. The van der Waals surface area contributed by atoms with Crippen LogP contribution in [0.3, 0.4) is 0 Å². The zero-order chi connectivity index (χ0) is 12.8. The number of aromatic hydroxyl groups is 1. The zero-order valence-electron chi connectivity index (χ0n) is 9.68. The molecular weight excluding hydrogens is 245 g/mol. The molecule has 1 rings (SSSR count). The van der Waals surface area contributed by atoms with Gasteiger partial charge < -0.3 is 20.3 Å². The lowest BCUT2D eigenvalue weighted by molar-refractivity contribution is -0.0117. The average molecular weight is 261 g/mol. The van der Waals surface area contributed by atoms with Gasteiger partial charge in [0.1, 0.15) is 11.9 Å². The molecule has 0 heterocycles. The minimum atomic E-state index is -0.742. The van der Waals surface area contributed by atoms with Gasteiger partial charge in [-0.1, -0.05) is 6.07 Å². The average Bonchev–Trinajstić information content (AvgIpc) is 2.30. The van der Waals surface area contributed by atoms with Gasteiger partial charge in [0, 0.05) is 13.7 Å². The highest BCUT2D eigenvalue weighted by Gasteiger charge is 2.21. The van der Waals surface area contributed by atoms with Gasteiger partial charge >= 0.3 is 0 Å². The molecule has 6 heteroatoms. The number of likely N-dealkylation sites (N-methyl/N-ethyl adjacent to an activating group) is 1. The second-order valence-corrected chi connectivity index (χ2v) is 4.18. The molecule has 2 atom stereocenters. The summed E-state index contributed by atoms with van der Waals surface area (Å²) < 4.78 is 17.5. The maximum atomic E-state index is 12.3. The van der Waals surface area contributed by atoms with Gasteiger partial charge in [0.05, 0.1) is 23.1 Å². The molecule has 0 saturated carbocycles. The first-order chi connectivity index (χ1) is 8.13. The molecular formula is C11H16FNO3S. The van der Waals surface area contributed by atoms with Gasteiger partial charge in [-0.05, 0) is 24.7 Å². The Kier molecular flexibility index (Phi) is 5.70. The Morgan fingerprint density at radius 1 is 1.53 bits per heavy atom. The first-order valence-electron chi connectivity index (χ1n) is 5.11. The van der Waals surface area contributed by atoms with Crippen molar-refractivity contribution in [2.45, 2.75) is 17.1 Å². The van der Waals surface area contributed by atoms with Crippen molar-refractivity contribution in [2.24, 2.45) is 0 Å². The van der Waals surface area contributed by atoms with Gasteiger partial charge in [-0.25, -0.2) is 0 Å². The highest BCUT2D eigenvalue weighted by Crippen LogP contribution is 2.32. The lowest BCUT2D eigenvalue weighted by Gasteiger charge is -2.22. The van der Waals surface area contributed by atoms with Crippen molar-refractivity contribution in [2.75, 3.05) is 20.7 Å². The minimum absolute atomic E-state index is 0.0236. The predicted octanol–water partition coefficient (Wildman–Crippen LogP) is 1.64. The number of nitrogens with one attached hydrogen (secondary N) is 1. The third-order valence-electron chi connectivity index (χ3n) is 2.41.